The molecule has 0 amide bonds. The van der Waals surface area contributed by atoms with E-state index in [4.69, 9.17) is 9.47 Å². The predicted molar refractivity (Wildman–Crippen MR) is 96.6 cm³/mol. The molecule has 0 saturated heterocycles. The van der Waals surface area contributed by atoms with Crippen molar-refractivity contribution in [3.8, 4) is 22.1 Å². The molecule has 0 spiro atoms. The van der Waals surface area contributed by atoms with Gasteiger partial charge in [0.05, 0.1) is 25.5 Å². The van der Waals surface area contributed by atoms with Gasteiger partial charge in [-0.2, -0.15) is 0 Å². The first-order valence-electron chi connectivity index (χ1n) is 7.36. The zero-order chi connectivity index (χ0) is 17.8. The smallest absolute Gasteiger partial charge is 0.170 e. The van der Waals surface area contributed by atoms with Gasteiger partial charge in [0.25, 0.3) is 0 Å². The first kappa shape index (κ1) is 17.7. The molecule has 7 heteroatoms. The molecule has 3 rings (SSSR count). The van der Waals surface area contributed by atoms with E-state index < -0.39 is 11.6 Å². The van der Waals surface area contributed by atoms with Crippen molar-refractivity contribution in [2.45, 2.75) is 10.6 Å². The molecule has 25 heavy (non-hydrogen) atoms. The number of nitrogens with zero attached hydrogens (tertiary/aromatic N) is 1. The Morgan fingerprint density at radius 3 is 2.64 bits per heavy atom. The molecule has 0 saturated carbocycles. The fraction of sp³-hybridized carbons (Fsp3) is 0.167. The van der Waals surface area contributed by atoms with Crippen molar-refractivity contribution in [3.63, 3.8) is 0 Å². The summed E-state index contributed by atoms with van der Waals surface area (Å²) >= 11 is 2.90. The normalized spacial score (nSPS) is 10.7. The van der Waals surface area contributed by atoms with E-state index in [0.717, 1.165) is 22.3 Å². The highest BCUT2D eigenvalue weighted by Gasteiger charge is 2.14. The van der Waals surface area contributed by atoms with Crippen molar-refractivity contribution in [1.29, 1.82) is 0 Å². The molecule has 130 valence electrons. The minimum Gasteiger partial charge on any atom is -0.493 e. The number of aromatic nitrogens is 1. The zero-order valence-electron chi connectivity index (χ0n) is 13.6. The molecule has 0 aliphatic rings. The summed E-state index contributed by atoms with van der Waals surface area (Å²) in [6.07, 6.45) is 0. The predicted octanol–water partition coefficient (Wildman–Crippen LogP) is 5.40. The number of halogens is 2. The van der Waals surface area contributed by atoms with Gasteiger partial charge in [0, 0.05) is 16.0 Å². The number of benzene rings is 2. The maximum Gasteiger partial charge on any atom is 0.170 e. The standard InChI is InChI=1S/C18H15F2NO2S2/c1-22-16-5-3-4-13(17(16)23-2)18-21-11(10-25-18)9-24-12-6-7-14(19)15(20)8-12/h3-8,10H,9H2,1-2H3. The van der Waals surface area contributed by atoms with E-state index in [1.54, 1.807) is 20.3 Å². The van der Waals surface area contributed by atoms with Crippen LogP contribution in [0.3, 0.4) is 0 Å². The molecule has 0 atom stereocenters. The van der Waals surface area contributed by atoms with Crippen LogP contribution in [0.5, 0.6) is 11.5 Å². The van der Waals surface area contributed by atoms with E-state index in [1.807, 2.05) is 23.6 Å². The van der Waals surface area contributed by atoms with Gasteiger partial charge in [-0.15, -0.1) is 23.1 Å². The minimum absolute atomic E-state index is 0.563. The van der Waals surface area contributed by atoms with Gasteiger partial charge in [0.15, 0.2) is 23.1 Å². The molecule has 0 bridgehead atoms. The monoisotopic (exact) mass is 379 g/mol. The SMILES string of the molecule is COc1cccc(-c2nc(CSc3ccc(F)c(F)c3)cs2)c1OC. The fourth-order valence-corrected chi connectivity index (χ4v) is 4.04. The second kappa shape index (κ2) is 7.84. The average Bonchev–Trinajstić information content (AvgIpc) is 3.10. The number of methoxy groups -OCH3 is 2. The molecule has 1 heterocycles. The molecule has 2 aromatic carbocycles. The highest BCUT2D eigenvalue weighted by molar-refractivity contribution is 7.98. The van der Waals surface area contributed by atoms with Crippen LogP contribution >= 0.6 is 23.1 Å². The van der Waals surface area contributed by atoms with E-state index in [1.165, 1.54) is 29.2 Å². The summed E-state index contributed by atoms with van der Waals surface area (Å²) in [7, 11) is 3.18. The second-order valence-corrected chi connectivity index (χ2v) is 6.96. The number of thioether (sulfide) groups is 1. The molecule has 0 radical (unpaired) electrons. The van der Waals surface area contributed by atoms with Crippen LogP contribution < -0.4 is 9.47 Å². The molecular weight excluding hydrogens is 364 g/mol. The van der Waals surface area contributed by atoms with Crippen molar-refractivity contribution in [2.75, 3.05) is 14.2 Å². The van der Waals surface area contributed by atoms with Crippen LogP contribution in [0.2, 0.25) is 0 Å². The van der Waals surface area contributed by atoms with E-state index in [9.17, 15) is 8.78 Å². The molecule has 3 aromatic rings. The molecule has 0 unspecified atom stereocenters. The summed E-state index contributed by atoms with van der Waals surface area (Å²) in [6, 6.07) is 9.51. The van der Waals surface area contributed by atoms with Crippen LogP contribution in [-0.2, 0) is 5.75 Å². The van der Waals surface area contributed by atoms with Gasteiger partial charge in [-0.1, -0.05) is 6.07 Å². The summed E-state index contributed by atoms with van der Waals surface area (Å²) in [5, 5.41) is 2.76. The Labute approximate surface area is 152 Å². The highest BCUT2D eigenvalue weighted by Crippen LogP contribution is 2.39. The quantitative estimate of drug-likeness (QED) is 0.537. The van der Waals surface area contributed by atoms with Gasteiger partial charge in [-0.3, -0.25) is 0 Å². The lowest BCUT2D eigenvalue weighted by molar-refractivity contribution is 0.356. The Kier molecular flexibility index (Phi) is 5.55. The Bertz CT molecular complexity index is 883. The van der Waals surface area contributed by atoms with Crippen molar-refractivity contribution in [1.82, 2.24) is 4.98 Å². The lowest BCUT2D eigenvalue weighted by atomic mass is 10.2. The van der Waals surface area contributed by atoms with Crippen LogP contribution in [0.15, 0.2) is 46.7 Å². The lowest BCUT2D eigenvalue weighted by Crippen LogP contribution is -1.93. The molecule has 1 aromatic heterocycles. The van der Waals surface area contributed by atoms with Crippen molar-refractivity contribution < 1.29 is 18.3 Å². The van der Waals surface area contributed by atoms with Crippen LogP contribution in [0.25, 0.3) is 10.6 Å². The summed E-state index contributed by atoms with van der Waals surface area (Å²) in [5.74, 6) is 0.163. The van der Waals surface area contributed by atoms with Crippen LogP contribution in [0, 0.1) is 11.6 Å². The number of ether oxygens (including phenoxy) is 2. The maximum absolute atomic E-state index is 13.3. The van der Waals surface area contributed by atoms with Gasteiger partial charge >= 0.3 is 0 Å². The molecule has 0 aliphatic heterocycles. The molecule has 0 fully saturated rings. The topological polar surface area (TPSA) is 31.4 Å². The number of hydrogen-bond donors (Lipinski definition) is 0. The number of para-hydroxylation sites is 1. The molecule has 0 N–H and O–H groups in total. The Hall–Kier alpha value is -2.12. The van der Waals surface area contributed by atoms with Gasteiger partial charge in [0.1, 0.15) is 5.01 Å². The third-order valence-corrected chi connectivity index (χ3v) is 5.41. The molecule has 0 aliphatic carbocycles. The first-order chi connectivity index (χ1) is 12.1. The largest absolute Gasteiger partial charge is 0.493 e. The van der Waals surface area contributed by atoms with Crippen LogP contribution in [-0.4, -0.2) is 19.2 Å². The first-order valence-corrected chi connectivity index (χ1v) is 9.22. The number of hydrogen-bond acceptors (Lipinski definition) is 5. The van der Waals surface area contributed by atoms with E-state index in [2.05, 4.69) is 4.98 Å². The second-order valence-electron chi connectivity index (χ2n) is 5.05. The third kappa shape index (κ3) is 3.93. The fourth-order valence-electron chi connectivity index (χ4n) is 2.28. The van der Waals surface area contributed by atoms with E-state index in [-0.39, 0.29) is 0 Å². The van der Waals surface area contributed by atoms with Gasteiger partial charge in [0.2, 0.25) is 0 Å². The Morgan fingerprint density at radius 1 is 1.08 bits per heavy atom. The van der Waals surface area contributed by atoms with Gasteiger partial charge in [-0.05, 0) is 30.3 Å². The third-order valence-electron chi connectivity index (χ3n) is 3.46. The van der Waals surface area contributed by atoms with Crippen molar-refractivity contribution >= 4 is 23.1 Å². The summed E-state index contributed by atoms with van der Waals surface area (Å²) in [6.45, 7) is 0. The van der Waals surface area contributed by atoms with Crippen LogP contribution in [0.1, 0.15) is 5.69 Å². The Balaban J connectivity index is 1.78. The molecular formula is C18H15F2NO2S2. The summed E-state index contributed by atoms with van der Waals surface area (Å²) in [4.78, 5) is 5.27. The van der Waals surface area contributed by atoms with Crippen molar-refractivity contribution in [2.24, 2.45) is 0 Å². The maximum atomic E-state index is 13.3. The number of thiazole rings is 1. The lowest BCUT2D eigenvalue weighted by Gasteiger charge is -2.10. The van der Waals surface area contributed by atoms with Crippen LogP contribution in [0.4, 0.5) is 8.78 Å². The minimum atomic E-state index is -0.843. The number of rotatable bonds is 6. The summed E-state index contributed by atoms with van der Waals surface area (Å²) < 4.78 is 37.0. The van der Waals surface area contributed by atoms with E-state index >= 15 is 0 Å². The molecule has 3 nitrogen and oxygen atoms in total. The zero-order valence-corrected chi connectivity index (χ0v) is 15.2. The van der Waals surface area contributed by atoms with Gasteiger partial charge in [-0.25, -0.2) is 13.8 Å². The average molecular weight is 379 g/mol. The Morgan fingerprint density at radius 2 is 1.92 bits per heavy atom. The van der Waals surface area contributed by atoms with E-state index in [0.29, 0.717) is 22.1 Å². The van der Waals surface area contributed by atoms with Gasteiger partial charge < -0.3 is 9.47 Å². The summed E-state index contributed by atoms with van der Waals surface area (Å²) in [5.41, 5.74) is 1.72. The highest BCUT2D eigenvalue weighted by atomic mass is 32.2. The van der Waals surface area contributed by atoms with Crippen molar-refractivity contribution in [3.05, 3.63) is 59.1 Å².